The number of nitrogens with one attached hydrogen (secondary N) is 1. The first kappa shape index (κ1) is 17.7. The van der Waals surface area contributed by atoms with Gasteiger partial charge in [-0.1, -0.05) is 0 Å². The van der Waals surface area contributed by atoms with E-state index in [2.05, 4.69) is 10.3 Å². The number of aliphatic carboxylic acids is 2. The van der Waals surface area contributed by atoms with E-state index in [1.807, 2.05) is 6.92 Å². The van der Waals surface area contributed by atoms with E-state index in [1.165, 1.54) is 0 Å². The second-order valence-electron chi connectivity index (χ2n) is 5.78. The largest absolute Gasteiger partial charge is 0.481 e. The third-order valence-electron chi connectivity index (χ3n) is 4.09. The van der Waals surface area contributed by atoms with Crippen LogP contribution < -0.4 is 5.32 Å². The van der Waals surface area contributed by atoms with Crippen molar-refractivity contribution in [1.29, 1.82) is 0 Å². The Labute approximate surface area is 139 Å². The van der Waals surface area contributed by atoms with Gasteiger partial charge in [-0.15, -0.1) is 0 Å². The molecule has 0 aromatic rings. The zero-order valence-corrected chi connectivity index (χ0v) is 13.5. The van der Waals surface area contributed by atoms with Crippen molar-refractivity contribution in [2.24, 2.45) is 4.99 Å². The summed E-state index contributed by atoms with van der Waals surface area (Å²) in [5.41, 5.74) is 4.58. The standard InChI is InChI=1S/C17H20N2O5/c1-10-7-18-14(12(10)2-4-16(21)22)6-15-13(3-5-17(23)24)11(9-20)8-19-15/h6,9,19H,2-5,7-8H2,1H3,(H,21,22)(H,23,24). The molecule has 0 aromatic heterocycles. The first-order chi connectivity index (χ1) is 11.4. The SMILES string of the molecule is CC1=C(CCC(=O)O)C(C=C2NCC(C=O)=C2CCC(=O)O)=NC1. The lowest BCUT2D eigenvalue weighted by atomic mass is 9.98. The molecule has 2 rings (SSSR count). The summed E-state index contributed by atoms with van der Waals surface area (Å²) >= 11 is 0. The van der Waals surface area contributed by atoms with Gasteiger partial charge in [0.2, 0.25) is 0 Å². The van der Waals surface area contributed by atoms with E-state index in [9.17, 15) is 14.4 Å². The molecule has 24 heavy (non-hydrogen) atoms. The van der Waals surface area contributed by atoms with Crippen LogP contribution in [-0.4, -0.2) is 47.2 Å². The predicted molar refractivity (Wildman–Crippen MR) is 87.9 cm³/mol. The average molecular weight is 332 g/mol. The van der Waals surface area contributed by atoms with Gasteiger partial charge in [0.05, 0.1) is 12.3 Å². The molecule has 128 valence electrons. The highest BCUT2D eigenvalue weighted by atomic mass is 16.4. The van der Waals surface area contributed by atoms with Gasteiger partial charge in [0.15, 0.2) is 0 Å². The van der Waals surface area contributed by atoms with Crippen LogP contribution in [0.25, 0.3) is 0 Å². The molecule has 0 aliphatic carbocycles. The Bertz CT molecular complexity index is 698. The van der Waals surface area contributed by atoms with Crippen molar-refractivity contribution >= 4 is 23.9 Å². The molecule has 2 aliphatic rings. The van der Waals surface area contributed by atoms with Gasteiger partial charge >= 0.3 is 11.9 Å². The fourth-order valence-electron chi connectivity index (χ4n) is 2.81. The van der Waals surface area contributed by atoms with Gasteiger partial charge in [-0.2, -0.15) is 0 Å². The summed E-state index contributed by atoms with van der Waals surface area (Å²) in [6.07, 6.45) is 3.18. The number of hydrogen-bond acceptors (Lipinski definition) is 5. The third kappa shape index (κ3) is 4.18. The van der Waals surface area contributed by atoms with Crippen LogP contribution in [0.15, 0.2) is 39.1 Å². The van der Waals surface area contributed by atoms with Gasteiger partial charge in [0, 0.05) is 30.7 Å². The van der Waals surface area contributed by atoms with Crippen molar-refractivity contribution in [2.45, 2.75) is 32.6 Å². The molecule has 0 fully saturated rings. The number of rotatable bonds is 8. The molecule has 0 atom stereocenters. The van der Waals surface area contributed by atoms with Crippen molar-refractivity contribution in [3.63, 3.8) is 0 Å². The Morgan fingerprint density at radius 2 is 1.79 bits per heavy atom. The van der Waals surface area contributed by atoms with E-state index in [4.69, 9.17) is 10.2 Å². The van der Waals surface area contributed by atoms with Crippen molar-refractivity contribution in [1.82, 2.24) is 5.32 Å². The molecule has 0 unspecified atom stereocenters. The zero-order valence-electron chi connectivity index (χ0n) is 13.5. The molecular formula is C17H20N2O5. The molecule has 0 spiro atoms. The third-order valence-corrected chi connectivity index (χ3v) is 4.09. The minimum atomic E-state index is -0.921. The predicted octanol–water partition coefficient (Wildman–Crippen LogP) is 1.47. The lowest BCUT2D eigenvalue weighted by molar-refractivity contribution is -0.137. The van der Waals surface area contributed by atoms with E-state index < -0.39 is 11.9 Å². The highest BCUT2D eigenvalue weighted by Gasteiger charge is 2.22. The van der Waals surface area contributed by atoms with Crippen molar-refractivity contribution in [2.75, 3.05) is 13.1 Å². The molecule has 2 heterocycles. The highest BCUT2D eigenvalue weighted by molar-refractivity contribution is 6.11. The topological polar surface area (TPSA) is 116 Å². The summed E-state index contributed by atoms with van der Waals surface area (Å²) in [5.74, 6) is -1.78. The summed E-state index contributed by atoms with van der Waals surface area (Å²) in [4.78, 5) is 37.2. The molecule has 0 bridgehead atoms. The van der Waals surface area contributed by atoms with Gasteiger partial charge < -0.3 is 15.5 Å². The van der Waals surface area contributed by atoms with Crippen molar-refractivity contribution in [3.8, 4) is 0 Å². The van der Waals surface area contributed by atoms with Gasteiger partial charge in [0.25, 0.3) is 0 Å². The number of hydrogen-bond donors (Lipinski definition) is 3. The minimum Gasteiger partial charge on any atom is -0.481 e. The molecule has 3 N–H and O–H groups in total. The Morgan fingerprint density at radius 3 is 2.38 bits per heavy atom. The maximum Gasteiger partial charge on any atom is 0.303 e. The molecule has 0 amide bonds. The van der Waals surface area contributed by atoms with Crippen LogP contribution in [0.3, 0.4) is 0 Å². The first-order valence-electron chi connectivity index (χ1n) is 7.72. The van der Waals surface area contributed by atoms with Crippen LogP contribution in [0.4, 0.5) is 0 Å². The van der Waals surface area contributed by atoms with E-state index >= 15 is 0 Å². The molecule has 0 aromatic carbocycles. The first-order valence-corrected chi connectivity index (χ1v) is 7.72. The minimum absolute atomic E-state index is 0.0313. The normalized spacial score (nSPS) is 18.9. The number of carboxylic acids is 2. The van der Waals surface area contributed by atoms with Crippen LogP contribution in [0.2, 0.25) is 0 Å². The number of aliphatic imine (C=N–C) groups is 1. The second-order valence-corrected chi connectivity index (χ2v) is 5.78. The Kier molecular flexibility index (Phi) is 5.68. The van der Waals surface area contributed by atoms with Crippen LogP contribution >= 0.6 is 0 Å². The lowest BCUT2D eigenvalue weighted by Gasteiger charge is -2.08. The van der Waals surface area contributed by atoms with Gasteiger partial charge in [-0.3, -0.25) is 19.4 Å². The molecule has 0 saturated heterocycles. The van der Waals surface area contributed by atoms with Crippen LogP contribution in [-0.2, 0) is 14.4 Å². The number of nitrogens with zero attached hydrogens (tertiary/aromatic N) is 1. The van der Waals surface area contributed by atoms with Crippen LogP contribution in [0.5, 0.6) is 0 Å². The van der Waals surface area contributed by atoms with E-state index in [1.54, 1.807) is 6.08 Å². The van der Waals surface area contributed by atoms with Gasteiger partial charge in [-0.25, -0.2) is 0 Å². The number of aldehydes is 1. The van der Waals surface area contributed by atoms with Crippen molar-refractivity contribution < 1.29 is 24.6 Å². The molecular weight excluding hydrogens is 312 g/mol. The summed E-state index contributed by atoms with van der Waals surface area (Å²) < 4.78 is 0. The van der Waals surface area contributed by atoms with E-state index in [0.717, 1.165) is 17.4 Å². The number of carboxylic acid groups (broad SMARTS) is 2. The fourth-order valence-corrected chi connectivity index (χ4v) is 2.81. The Hall–Kier alpha value is -2.70. The molecule has 0 radical (unpaired) electrons. The monoisotopic (exact) mass is 332 g/mol. The van der Waals surface area contributed by atoms with Gasteiger partial charge in [0.1, 0.15) is 6.29 Å². The highest BCUT2D eigenvalue weighted by Crippen LogP contribution is 2.27. The number of carbonyl (C=O) groups excluding carboxylic acids is 1. The number of carbonyl (C=O) groups is 3. The van der Waals surface area contributed by atoms with E-state index in [-0.39, 0.29) is 19.3 Å². The molecule has 7 heteroatoms. The van der Waals surface area contributed by atoms with Crippen molar-refractivity contribution in [3.05, 3.63) is 34.1 Å². The summed E-state index contributed by atoms with van der Waals surface area (Å²) in [6, 6.07) is 0. The maximum absolute atomic E-state index is 11.2. The zero-order chi connectivity index (χ0) is 17.7. The maximum atomic E-state index is 11.2. The van der Waals surface area contributed by atoms with E-state index in [0.29, 0.717) is 42.1 Å². The summed E-state index contributed by atoms with van der Waals surface area (Å²) in [6.45, 7) is 2.82. The molecule has 2 aliphatic heterocycles. The van der Waals surface area contributed by atoms with Crippen LogP contribution in [0, 0.1) is 0 Å². The second kappa shape index (κ2) is 7.72. The summed E-state index contributed by atoms with van der Waals surface area (Å²) in [7, 11) is 0. The fraction of sp³-hybridized carbons (Fsp3) is 0.412. The quantitative estimate of drug-likeness (QED) is 0.580. The smallest absolute Gasteiger partial charge is 0.303 e. The summed E-state index contributed by atoms with van der Waals surface area (Å²) in [5, 5.41) is 20.8. The Morgan fingerprint density at radius 1 is 1.17 bits per heavy atom. The molecule has 7 nitrogen and oxygen atoms in total. The van der Waals surface area contributed by atoms with Gasteiger partial charge in [-0.05, 0) is 42.6 Å². The number of allylic oxidation sites excluding steroid dienone is 3. The van der Waals surface area contributed by atoms with Crippen LogP contribution in [0.1, 0.15) is 32.6 Å². The Balaban J connectivity index is 2.22. The molecule has 0 saturated carbocycles. The lowest BCUT2D eigenvalue weighted by Crippen LogP contribution is -2.11. The average Bonchev–Trinajstić information content (AvgIpc) is 3.07.